The van der Waals surface area contributed by atoms with Crippen LogP contribution in [0.25, 0.3) is 10.9 Å². The first-order valence-electron chi connectivity index (χ1n) is 9.50. The largest absolute Gasteiger partial charge is 0.358 e. The van der Waals surface area contributed by atoms with Crippen molar-refractivity contribution in [2.75, 3.05) is 13.5 Å². The minimum atomic E-state index is -2.05. The quantitative estimate of drug-likeness (QED) is 0.896. The molecule has 3 heteroatoms. The van der Waals surface area contributed by atoms with Crippen LogP contribution in [0, 0.1) is 5.82 Å². The van der Waals surface area contributed by atoms with Crippen LogP contribution in [-0.4, -0.2) is 29.4 Å². The maximum absolute atomic E-state index is 13.8. The van der Waals surface area contributed by atoms with Gasteiger partial charge in [0.25, 0.3) is 0 Å². The summed E-state index contributed by atoms with van der Waals surface area (Å²) in [4.78, 5) is 5.14. The van der Waals surface area contributed by atoms with Crippen LogP contribution < -0.4 is 0 Å². The van der Waals surface area contributed by atoms with E-state index in [0.29, 0.717) is 18.9 Å². The van der Waals surface area contributed by atoms with Crippen LogP contribution >= 0.6 is 0 Å². The maximum atomic E-state index is 13.8. The highest BCUT2D eigenvalue weighted by Gasteiger charge is 2.29. The van der Waals surface area contributed by atoms with Crippen molar-refractivity contribution in [2.45, 2.75) is 50.5 Å². The number of likely N-dealkylation sites (N-methyl/N-ethyl adjacent to an activating group) is 1. The summed E-state index contributed by atoms with van der Waals surface area (Å²) >= 11 is 0. The SMILES string of the molecule is [2H]C([2H])([2H])N1CCC[C@@H]1Cc1c(C2CCC2)[nH]c2ccc(F)cc12. The van der Waals surface area contributed by atoms with E-state index < -0.39 is 6.98 Å². The third-order valence-electron chi connectivity index (χ3n) is 5.23. The lowest BCUT2D eigenvalue weighted by Gasteiger charge is -2.27. The number of rotatable bonds is 3. The van der Waals surface area contributed by atoms with Gasteiger partial charge in [-0.15, -0.1) is 0 Å². The first-order chi connectivity index (χ1) is 11.4. The van der Waals surface area contributed by atoms with Crippen molar-refractivity contribution in [1.29, 1.82) is 0 Å². The average Bonchev–Trinajstić information content (AvgIpc) is 3.03. The predicted octanol–water partition coefficient (Wildman–Crippen LogP) is 4.21. The number of benzene rings is 1. The molecule has 1 aliphatic carbocycles. The molecule has 1 atom stereocenters. The van der Waals surface area contributed by atoms with E-state index in [2.05, 4.69) is 4.98 Å². The van der Waals surface area contributed by atoms with Crippen LogP contribution in [0.3, 0.4) is 0 Å². The second-order valence-corrected chi connectivity index (χ2v) is 6.53. The number of aromatic nitrogens is 1. The number of nitrogens with zero attached hydrogens (tertiary/aromatic N) is 1. The number of likely N-dealkylation sites (tertiary alicyclic amines) is 1. The van der Waals surface area contributed by atoms with Gasteiger partial charge in [0.2, 0.25) is 0 Å². The van der Waals surface area contributed by atoms with Crippen LogP contribution in [0.4, 0.5) is 4.39 Å². The third-order valence-corrected chi connectivity index (χ3v) is 5.23. The molecule has 1 N–H and O–H groups in total. The number of hydrogen-bond acceptors (Lipinski definition) is 1. The van der Waals surface area contributed by atoms with E-state index in [4.69, 9.17) is 4.11 Å². The molecule has 21 heavy (non-hydrogen) atoms. The molecule has 0 bridgehead atoms. The second-order valence-electron chi connectivity index (χ2n) is 6.53. The molecule has 1 saturated heterocycles. The summed E-state index contributed by atoms with van der Waals surface area (Å²) < 4.78 is 37.1. The van der Waals surface area contributed by atoms with E-state index in [1.54, 1.807) is 17.0 Å². The van der Waals surface area contributed by atoms with Crippen LogP contribution in [0.5, 0.6) is 0 Å². The molecule has 2 aromatic rings. The average molecular weight is 289 g/mol. The minimum Gasteiger partial charge on any atom is -0.358 e. The van der Waals surface area contributed by atoms with Gasteiger partial charge in [-0.05, 0) is 75.3 Å². The summed E-state index contributed by atoms with van der Waals surface area (Å²) in [5.41, 5.74) is 3.31. The number of aromatic amines is 1. The van der Waals surface area contributed by atoms with Crippen LogP contribution in [0.1, 0.15) is 53.4 Å². The first kappa shape index (κ1) is 10.4. The summed E-state index contributed by atoms with van der Waals surface area (Å²) in [6, 6.07) is 4.89. The molecule has 1 aliphatic heterocycles. The van der Waals surface area contributed by atoms with E-state index in [1.165, 1.54) is 18.2 Å². The van der Waals surface area contributed by atoms with Gasteiger partial charge < -0.3 is 9.88 Å². The van der Waals surface area contributed by atoms with Gasteiger partial charge in [-0.3, -0.25) is 0 Å². The highest BCUT2D eigenvalue weighted by atomic mass is 19.1. The Bertz CT molecular complexity index is 749. The lowest BCUT2D eigenvalue weighted by Crippen LogP contribution is -2.27. The fraction of sp³-hybridized carbons (Fsp3) is 0.556. The molecule has 1 aromatic carbocycles. The normalized spacial score (nSPS) is 26.5. The fourth-order valence-electron chi connectivity index (χ4n) is 3.79. The molecule has 0 spiro atoms. The summed E-state index contributed by atoms with van der Waals surface area (Å²) in [6.45, 7) is -1.42. The molecule has 0 unspecified atom stereocenters. The number of halogens is 1. The maximum Gasteiger partial charge on any atom is 0.123 e. The Hall–Kier alpha value is -1.35. The van der Waals surface area contributed by atoms with Crippen molar-refractivity contribution < 1.29 is 8.50 Å². The Balaban J connectivity index is 1.73. The molecule has 0 amide bonds. The Morgan fingerprint density at radius 2 is 2.24 bits per heavy atom. The second kappa shape index (κ2) is 5.13. The lowest BCUT2D eigenvalue weighted by molar-refractivity contribution is 0.308. The van der Waals surface area contributed by atoms with Crippen molar-refractivity contribution in [3.05, 3.63) is 35.3 Å². The smallest absolute Gasteiger partial charge is 0.123 e. The van der Waals surface area contributed by atoms with Crippen molar-refractivity contribution in [3.8, 4) is 0 Å². The Morgan fingerprint density at radius 3 is 3.00 bits per heavy atom. The monoisotopic (exact) mass is 289 g/mol. The molecule has 1 saturated carbocycles. The van der Waals surface area contributed by atoms with Crippen LogP contribution in [-0.2, 0) is 6.42 Å². The van der Waals surface area contributed by atoms with Gasteiger partial charge in [0.1, 0.15) is 5.82 Å². The standard InChI is InChI=1S/C18H23FN2/c1-21-9-3-6-14(21)11-16-15-10-13(19)7-8-17(15)20-18(16)12-4-2-5-12/h7-8,10,12,14,20H,2-6,9,11H2,1H3/t14-/m1/s1/i1D3. The Labute approximate surface area is 129 Å². The summed E-state index contributed by atoms with van der Waals surface area (Å²) in [7, 11) is 0. The summed E-state index contributed by atoms with van der Waals surface area (Å²) in [5.74, 6) is 0.278. The van der Waals surface area contributed by atoms with Gasteiger partial charge in [0, 0.05) is 26.8 Å². The van der Waals surface area contributed by atoms with Gasteiger partial charge >= 0.3 is 0 Å². The summed E-state index contributed by atoms with van der Waals surface area (Å²) in [6.07, 6.45) is 6.06. The zero-order valence-electron chi connectivity index (χ0n) is 15.2. The zero-order valence-corrected chi connectivity index (χ0v) is 12.2. The molecule has 1 aromatic heterocycles. The topological polar surface area (TPSA) is 19.0 Å². The highest BCUT2D eigenvalue weighted by Crippen LogP contribution is 2.41. The van der Waals surface area contributed by atoms with E-state index in [1.807, 2.05) is 0 Å². The number of nitrogens with one attached hydrogen (secondary N) is 1. The van der Waals surface area contributed by atoms with Crippen molar-refractivity contribution in [3.63, 3.8) is 0 Å². The number of H-pyrrole nitrogens is 1. The lowest BCUT2D eigenvalue weighted by atomic mass is 9.80. The fourth-order valence-corrected chi connectivity index (χ4v) is 3.79. The van der Waals surface area contributed by atoms with E-state index in [9.17, 15) is 4.39 Å². The Kier molecular flexibility index (Phi) is 2.54. The molecular weight excluding hydrogens is 263 g/mol. The van der Waals surface area contributed by atoms with Gasteiger partial charge in [0.05, 0.1) is 0 Å². The van der Waals surface area contributed by atoms with Crippen molar-refractivity contribution in [2.24, 2.45) is 0 Å². The summed E-state index contributed by atoms with van der Waals surface area (Å²) in [5, 5.41) is 0.925. The van der Waals surface area contributed by atoms with Gasteiger partial charge in [0.15, 0.2) is 0 Å². The molecule has 2 heterocycles. The Morgan fingerprint density at radius 1 is 1.33 bits per heavy atom. The number of fused-ring (bicyclic) bond motifs is 1. The van der Waals surface area contributed by atoms with Crippen molar-refractivity contribution >= 4 is 10.9 Å². The molecule has 4 rings (SSSR count). The van der Waals surface area contributed by atoms with E-state index in [0.717, 1.165) is 42.1 Å². The molecule has 2 nitrogen and oxygen atoms in total. The third kappa shape index (κ3) is 2.28. The zero-order chi connectivity index (χ0) is 16.9. The van der Waals surface area contributed by atoms with Crippen LogP contribution in [0.2, 0.25) is 0 Å². The van der Waals surface area contributed by atoms with Gasteiger partial charge in [-0.2, -0.15) is 0 Å². The van der Waals surface area contributed by atoms with Gasteiger partial charge in [-0.1, -0.05) is 6.42 Å². The minimum absolute atomic E-state index is 0.0126. The van der Waals surface area contributed by atoms with Crippen LogP contribution in [0.15, 0.2) is 18.2 Å². The van der Waals surface area contributed by atoms with Gasteiger partial charge in [-0.25, -0.2) is 4.39 Å². The molecular formula is C18H23FN2. The molecule has 112 valence electrons. The number of hydrogen-bond donors (Lipinski definition) is 1. The first-order valence-corrected chi connectivity index (χ1v) is 8.00. The van der Waals surface area contributed by atoms with E-state index in [-0.39, 0.29) is 11.9 Å². The molecule has 0 radical (unpaired) electrons. The van der Waals surface area contributed by atoms with E-state index >= 15 is 0 Å². The van der Waals surface area contributed by atoms with Crippen molar-refractivity contribution in [1.82, 2.24) is 9.88 Å². The molecule has 2 aliphatic rings. The molecule has 2 fully saturated rings. The predicted molar refractivity (Wildman–Crippen MR) is 84.2 cm³/mol. The highest BCUT2D eigenvalue weighted by molar-refractivity contribution is 5.85.